The van der Waals surface area contributed by atoms with E-state index in [4.69, 9.17) is 10.2 Å². The van der Waals surface area contributed by atoms with Gasteiger partial charge in [0.15, 0.2) is 0 Å². The Morgan fingerprint density at radius 2 is 2.38 bits per heavy atom. The second-order valence-electron chi connectivity index (χ2n) is 2.12. The van der Waals surface area contributed by atoms with E-state index in [-0.39, 0.29) is 6.10 Å². The Morgan fingerprint density at radius 1 is 1.62 bits per heavy atom. The van der Waals surface area contributed by atoms with Gasteiger partial charge in [0.2, 0.25) is 0 Å². The van der Waals surface area contributed by atoms with Gasteiger partial charge in [-0.25, -0.2) is 0 Å². The maximum Gasteiger partial charge on any atom is 0.0884 e. The first-order valence-electron chi connectivity index (χ1n) is 2.85. The van der Waals surface area contributed by atoms with E-state index in [1.165, 1.54) is 0 Å². The molecule has 8 heavy (non-hydrogen) atoms. The third-order valence-electron chi connectivity index (χ3n) is 1.36. The van der Waals surface area contributed by atoms with Gasteiger partial charge in [-0.1, -0.05) is 0 Å². The van der Waals surface area contributed by atoms with E-state index in [9.17, 15) is 0 Å². The van der Waals surface area contributed by atoms with Crippen molar-refractivity contribution in [2.75, 3.05) is 0 Å². The minimum absolute atomic E-state index is 0.217. The molecule has 0 aliphatic heterocycles. The molecule has 2 N–H and O–H groups in total. The predicted octanol–water partition coefficient (Wildman–Crippen LogP) is 0.973. The molecule has 1 rings (SSSR count). The Morgan fingerprint density at radius 3 is 2.75 bits per heavy atom. The maximum atomic E-state index is 8.87. The number of allylic oxidation sites excluding steroid dienone is 1. The molecule has 0 heterocycles. The fourth-order valence-corrected chi connectivity index (χ4v) is 0.806. The first kappa shape index (κ1) is 5.63. The standard InChI is InChI=1S/C6H10O2/c7-5-1-2-6(8)4-3-5/h1,6-8H,2-4H2. The fourth-order valence-electron chi connectivity index (χ4n) is 0.806. The number of aliphatic hydroxyl groups excluding tert-OH is 2. The van der Waals surface area contributed by atoms with Crippen molar-refractivity contribution < 1.29 is 10.2 Å². The summed E-state index contributed by atoms with van der Waals surface area (Å²) in [5.74, 6) is 0.426. The van der Waals surface area contributed by atoms with Gasteiger partial charge in [0.05, 0.1) is 11.9 Å². The number of aliphatic hydroxyl groups is 2. The molecular formula is C6H10O2. The molecule has 0 bridgehead atoms. The Balaban J connectivity index is 2.42. The molecular weight excluding hydrogens is 104 g/mol. The number of hydrogen-bond donors (Lipinski definition) is 2. The molecule has 0 aromatic heterocycles. The summed E-state index contributed by atoms with van der Waals surface area (Å²) in [5, 5.41) is 17.6. The molecule has 2 nitrogen and oxygen atoms in total. The van der Waals surface area contributed by atoms with Gasteiger partial charge in [-0.05, 0) is 18.9 Å². The Hall–Kier alpha value is -0.500. The Kier molecular flexibility index (Phi) is 1.53. The van der Waals surface area contributed by atoms with E-state index >= 15 is 0 Å². The quantitative estimate of drug-likeness (QED) is 0.492. The van der Waals surface area contributed by atoms with Crippen LogP contribution < -0.4 is 0 Å². The van der Waals surface area contributed by atoms with Crippen LogP contribution in [0.15, 0.2) is 11.8 Å². The highest BCUT2D eigenvalue weighted by molar-refractivity contribution is 4.97. The molecule has 0 saturated carbocycles. The maximum absolute atomic E-state index is 8.87. The van der Waals surface area contributed by atoms with Crippen molar-refractivity contribution in [1.82, 2.24) is 0 Å². The van der Waals surface area contributed by atoms with Gasteiger partial charge in [0, 0.05) is 6.42 Å². The summed E-state index contributed by atoms with van der Waals surface area (Å²) in [6, 6.07) is 0. The lowest BCUT2D eigenvalue weighted by Crippen LogP contribution is -2.09. The van der Waals surface area contributed by atoms with E-state index in [1.807, 2.05) is 0 Å². The van der Waals surface area contributed by atoms with E-state index in [0.29, 0.717) is 25.0 Å². The zero-order valence-electron chi connectivity index (χ0n) is 4.67. The van der Waals surface area contributed by atoms with Crippen LogP contribution in [0.25, 0.3) is 0 Å². The van der Waals surface area contributed by atoms with E-state index in [1.54, 1.807) is 6.08 Å². The highest BCUT2D eigenvalue weighted by Gasteiger charge is 2.08. The zero-order valence-corrected chi connectivity index (χ0v) is 4.67. The average molecular weight is 114 g/mol. The lowest BCUT2D eigenvalue weighted by Gasteiger charge is -2.12. The number of rotatable bonds is 0. The lowest BCUT2D eigenvalue weighted by molar-refractivity contribution is 0.152. The van der Waals surface area contributed by atoms with Crippen LogP contribution >= 0.6 is 0 Å². The first-order valence-corrected chi connectivity index (χ1v) is 2.85. The van der Waals surface area contributed by atoms with Crippen molar-refractivity contribution in [3.05, 3.63) is 11.8 Å². The topological polar surface area (TPSA) is 40.5 Å². The molecule has 2 heteroatoms. The van der Waals surface area contributed by atoms with Crippen LogP contribution in [0, 0.1) is 0 Å². The largest absolute Gasteiger partial charge is 0.513 e. The van der Waals surface area contributed by atoms with Gasteiger partial charge in [0.1, 0.15) is 0 Å². The molecule has 46 valence electrons. The minimum atomic E-state index is -0.217. The molecule has 0 fully saturated rings. The van der Waals surface area contributed by atoms with Crippen LogP contribution in [-0.4, -0.2) is 16.3 Å². The fraction of sp³-hybridized carbons (Fsp3) is 0.667. The summed E-state index contributed by atoms with van der Waals surface area (Å²) in [7, 11) is 0. The second-order valence-corrected chi connectivity index (χ2v) is 2.12. The van der Waals surface area contributed by atoms with Crippen LogP contribution in [0.4, 0.5) is 0 Å². The summed E-state index contributed by atoms with van der Waals surface area (Å²) < 4.78 is 0. The molecule has 0 saturated heterocycles. The molecule has 1 aliphatic rings. The SMILES string of the molecule is OC1=CCC(O)CC1. The molecule has 0 aromatic carbocycles. The summed E-state index contributed by atoms with van der Waals surface area (Å²) in [6.45, 7) is 0. The summed E-state index contributed by atoms with van der Waals surface area (Å²) in [5.41, 5.74) is 0. The molecule has 0 radical (unpaired) electrons. The molecule has 0 amide bonds. The van der Waals surface area contributed by atoms with Crippen molar-refractivity contribution in [1.29, 1.82) is 0 Å². The molecule has 1 unspecified atom stereocenters. The smallest absolute Gasteiger partial charge is 0.0884 e. The van der Waals surface area contributed by atoms with E-state index in [2.05, 4.69) is 0 Å². The Bertz CT molecular complexity index is 107. The summed E-state index contributed by atoms with van der Waals surface area (Å²) >= 11 is 0. The molecule has 0 aromatic rings. The monoisotopic (exact) mass is 114 g/mol. The average Bonchev–Trinajstić information content (AvgIpc) is 1.77. The molecule has 1 aliphatic carbocycles. The van der Waals surface area contributed by atoms with Gasteiger partial charge in [0.25, 0.3) is 0 Å². The van der Waals surface area contributed by atoms with Crippen LogP contribution in [0.2, 0.25) is 0 Å². The highest BCUT2D eigenvalue weighted by Crippen LogP contribution is 2.14. The lowest BCUT2D eigenvalue weighted by atomic mass is 10.0. The van der Waals surface area contributed by atoms with Crippen LogP contribution in [0.1, 0.15) is 19.3 Å². The van der Waals surface area contributed by atoms with Crippen LogP contribution in [0.5, 0.6) is 0 Å². The zero-order chi connectivity index (χ0) is 5.98. The normalized spacial score (nSPS) is 29.6. The first-order chi connectivity index (χ1) is 3.79. The van der Waals surface area contributed by atoms with Crippen molar-refractivity contribution in [2.45, 2.75) is 25.4 Å². The third-order valence-corrected chi connectivity index (χ3v) is 1.36. The van der Waals surface area contributed by atoms with Gasteiger partial charge in [-0.2, -0.15) is 0 Å². The van der Waals surface area contributed by atoms with Crippen LogP contribution in [0.3, 0.4) is 0 Å². The van der Waals surface area contributed by atoms with E-state index in [0.717, 1.165) is 0 Å². The summed E-state index contributed by atoms with van der Waals surface area (Å²) in [4.78, 5) is 0. The highest BCUT2D eigenvalue weighted by atomic mass is 16.3. The predicted molar refractivity (Wildman–Crippen MR) is 30.6 cm³/mol. The minimum Gasteiger partial charge on any atom is -0.513 e. The summed E-state index contributed by atoms with van der Waals surface area (Å²) in [6.07, 6.45) is 3.43. The van der Waals surface area contributed by atoms with Gasteiger partial charge in [-0.15, -0.1) is 0 Å². The van der Waals surface area contributed by atoms with Gasteiger partial charge >= 0.3 is 0 Å². The third kappa shape index (κ3) is 1.23. The second kappa shape index (κ2) is 2.18. The van der Waals surface area contributed by atoms with Gasteiger partial charge < -0.3 is 10.2 Å². The Labute approximate surface area is 48.5 Å². The van der Waals surface area contributed by atoms with Crippen molar-refractivity contribution in [3.63, 3.8) is 0 Å². The van der Waals surface area contributed by atoms with E-state index < -0.39 is 0 Å². The molecule has 0 spiro atoms. The van der Waals surface area contributed by atoms with Gasteiger partial charge in [-0.3, -0.25) is 0 Å². The van der Waals surface area contributed by atoms with Crippen molar-refractivity contribution in [3.8, 4) is 0 Å². The number of hydrogen-bond acceptors (Lipinski definition) is 2. The van der Waals surface area contributed by atoms with Crippen LogP contribution in [-0.2, 0) is 0 Å². The van der Waals surface area contributed by atoms with Crippen molar-refractivity contribution in [2.24, 2.45) is 0 Å². The van der Waals surface area contributed by atoms with Crippen molar-refractivity contribution >= 4 is 0 Å². The molecule has 1 atom stereocenters.